The molecule has 1 aromatic carbocycles. The van der Waals surface area contributed by atoms with E-state index >= 15 is 0 Å². The monoisotopic (exact) mass is 360 g/mol. The Balaban J connectivity index is 0.000000338. The molecule has 9 nitrogen and oxygen atoms in total. The lowest BCUT2D eigenvalue weighted by molar-refractivity contribution is -1.92. The minimum Gasteiger partial charge on any atom is -0.258 e. The lowest BCUT2D eigenvalue weighted by Crippen LogP contribution is -2.58. The van der Waals surface area contributed by atoms with Gasteiger partial charge in [0.25, 0.3) is 5.69 Å². The van der Waals surface area contributed by atoms with Gasteiger partial charge in [-0.25, -0.2) is 0 Å². The lowest BCUT2D eigenvalue weighted by Gasteiger charge is -2.03. The smallest absolute Gasteiger partial charge is 0.258 e. The van der Waals surface area contributed by atoms with Crippen molar-refractivity contribution in [3.63, 3.8) is 0 Å². The number of benzene rings is 1. The molecule has 0 spiro atoms. The summed E-state index contributed by atoms with van der Waals surface area (Å²) in [5, 5.41) is 10.8. The Bertz CT molecular complexity index is 886. The fourth-order valence-corrected chi connectivity index (χ4v) is 3.26. The molecule has 0 radical (unpaired) electrons. The molecule has 0 aliphatic rings. The Labute approximate surface area is 135 Å². The standard InChI is InChI=1S/C12H10N3O2S.ClHO4/c1-7-5-8(2)14-10-4-3-9(15(16)17)6-11(10)18-12(14)13-7;2-1(3,4)5/h3-6H,1-2H3;(H,2,3,4,5)/q+1;. The predicted molar refractivity (Wildman–Crippen MR) is 71.1 cm³/mol. The molecule has 3 aromatic rings. The SMILES string of the molecule is Cc1cc(C)[n+]2c(n1)sc1cc([N+](=O)[O-])ccc12.[O-][Cl+3]([O-])([O-])O. The number of thiazole rings is 1. The van der Waals surface area contributed by atoms with Crippen LogP contribution in [0.4, 0.5) is 5.69 Å². The second-order valence-electron chi connectivity index (χ2n) is 4.56. The van der Waals surface area contributed by atoms with Crippen LogP contribution in [0.5, 0.6) is 0 Å². The highest BCUT2D eigenvalue weighted by molar-refractivity contribution is 7.22. The highest BCUT2D eigenvalue weighted by Crippen LogP contribution is 2.25. The van der Waals surface area contributed by atoms with Crippen LogP contribution in [0.3, 0.4) is 0 Å². The van der Waals surface area contributed by atoms with E-state index in [1.807, 2.05) is 24.3 Å². The van der Waals surface area contributed by atoms with E-state index < -0.39 is 10.2 Å². The van der Waals surface area contributed by atoms with Gasteiger partial charge in [-0.1, -0.05) is 0 Å². The third kappa shape index (κ3) is 4.28. The highest BCUT2D eigenvalue weighted by Gasteiger charge is 2.19. The summed E-state index contributed by atoms with van der Waals surface area (Å²) in [6.45, 7) is 3.95. The van der Waals surface area contributed by atoms with E-state index in [0.29, 0.717) is 0 Å². The van der Waals surface area contributed by atoms with E-state index in [0.717, 1.165) is 26.6 Å². The Morgan fingerprint density at radius 1 is 1.26 bits per heavy atom. The molecule has 23 heavy (non-hydrogen) atoms. The quantitative estimate of drug-likeness (QED) is 0.313. The maximum absolute atomic E-state index is 10.8. The summed E-state index contributed by atoms with van der Waals surface area (Å²) in [6, 6.07) is 6.91. The first-order chi connectivity index (χ1) is 10.6. The Kier molecular flexibility index (Phi) is 4.75. The van der Waals surface area contributed by atoms with Gasteiger partial charge in [-0.15, -0.1) is 0 Å². The van der Waals surface area contributed by atoms with Gasteiger partial charge in [0.15, 0.2) is 11.2 Å². The van der Waals surface area contributed by atoms with E-state index in [2.05, 4.69) is 4.98 Å². The molecule has 2 heterocycles. The maximum atomic E-state index is 10.8. The van der Waals surface area contributed by atoms with Gasteiger partial charge < -0.3 is 0 Å². The minimum atomic E-state index is -4.69. The van der Waals surface area contributed by atoms with Crippen molar-refractivity contribution in [1.82, 2.24) is 4.98 Å². The summed E-state index contributed by atoms with van der Waals surface area (Å²) in [5.74, 6) is 0. The summed E-state index contributed by atoms with van der Waals surface area (Å²) >= 11 is 1.47. The Hall–Kier alpha value is -1.95. The van der Waals surface area contributed by atoms with Gasteiger partial charge in [0, 0.05) is 25.1 Å². The van der Waals surface area contributed by atoms with Crippen LogP contribution in [0, 0.1) is 34.2 Å². The number of nitro groups is 1. The topological polar surface area (TPSA) is 150 Å². The van der Waals surface area contributed by atoms with Crippen LogP contribution in [0.1, 0.15) is 11.4 Å². The number of rotatable bonds is 1. The zero-order chi connectivity index (χ0) is 17.4. The molecule has 2 aromatic heterocycles. The van der Waals surface area contributed by atoms with Gasteiger partial charge >= 0.3 is 4.96 Å². The van der Waals surface area contributed by atoms with Crippen LogP contribution in [0.2, 0.25) is 0 Å². The first-order valence-corrected chi connectivity index (χ1v) is 8.14. The fourth-order valence-electron chi connectivity index (χ4n) is 2.09. The van der Waals surface area contributed by atoms with Gasteiger partial charge in [0.2, 0.25) is 0 Å². The molecular formula is C12H11ClN3O6S+. The molecule has 0 saturated heterocycles. The molecule has 0 atom stereocenters. The molecule has 0 amide bonds. The second-order valence-corrected chi connectivity index (χ2v) is 6.37. The lowest BCUT2D eigenvalue weighted by atomic mass is 10.3. The van der Waals surface area contributed by atoms with Gasteiger partial charge in [-0.2, -0.15) is 18.4 Å². The van der Waals surface area contributed by atoms with Crippen LogP contribution < -0.4 is 18.4 Å². The van der Waals surface area contributed by atoms with E-state index in [9.17, 15) is 10.1 Å². The van der Waals surface area contributed by atoms with Crippen molar-refractivity contribution in [3.05, 3.63) is 45.8 Å². The molecule has 0 unspecified atom stereocenters. The van der Waals surface area contributed by atoms with Crippen LogP contribution in [-0.4, -0.2) is 14.6 Å². The van der Waals surface area contributed by atoms with Crippen molar-refractivity contribution >= 4 is 32.2 Å². The van der Waals surface area contributed by atoms with E-state index in [4.69, 9.17) is 18.6 Å². The van der Waals surface area contributed by atoms with E-state index in [1.54, 1.807) is 12.1 Å². The highest BCUT2D eigenvalue weighted by atomic mass is 35.7. The molecule has 0 aliphatic carbocycles. The normalized spacial score (nSPS) is 11.4. The number of non-ortho nitro benzene ring substituents is 1. The van der Waals surface area contributed by atoms with Crippen LogP contribution in [0.25, 0.3) is 15.2 Å². The van der Waals surface area contributed by atoms with Gasteiger partial charge in [-0.3, -0.25) is 10.1 Å². The van der Waals surface area contributed by atoms with Crippen LogP contribution in [-0.2, 0) is 0 Å². The first-order valence-electron chi connectivity index (χ1n) is 6.06. The van der Waals surface area contributed by atoms with Crippen molar-refractivity contribution in [2.24, 2.45) is 0 Å². The minimum absolute atomic E-state index is 0.115. The van der Waals surface area contributed by atoms with E-state index in [-0.39, 0.29) is 10.6 Å². The molecular weight excluding hydrogens is 350 g/mol. The number of nitro benzene ring substituents is 1. The molecule has 0 saturated carbocycles. The molecule has 3 rings (SSSR count). The predicted octanol–water partition coefficient (Wildman–Crippen LogP) is -1.56. The summed E-state index contributed by atoms with van der Waals surface area (Å²) in [7, 11) is -4.69. The number of aryl methyl sites for hydroxylation is 2. The van der Waals surface area contributed by atoms with Crippen LogP contribution >= 0.6 is 11.3 Å². The number of fused-ring (bicyclic) bond motifs is 3. The van der Waals surface area contributed by atoms with Crippen molar-refractivity contribution in [1.29, 1.82) is 0 Å². The molecule has 0 bridgehead atoms. The van der Waals surface area contributed by atoms with Crippen LogP contribution in [0.15, 0.2) is 24.3 Å². The Morgan fingerprint density at radius 2 is 1.87 bits per heavy atom. The zero-order valence-corrected chi connectivity index (χ0v) is 13.5. The fraction of sp³-hybridized carbons (Fsp3) is 0.167. The zero-order valence-electron chi connectivity index (χ0n) is 11.9. The summed E-state index contributed by atoms with van der Waals surface area (Å²) in [5.41, 5.74) is 3.11. The van der Waals surface area contributed by atoms with Gasteiger partial charge in [0.1, 0.15) is 5.69 Å². The maximum Gasteiger partial charge on any atom is 0.388 e. The van der Waals surface area contributed by atoms with Gasteiger partial charge in [0.05, 0.1) is 24.5 Å². The number of aromatic nitrogens is 2. The molecule has 11 heteroatoms. The van der Waals surface area contributed by atoms with Gasteiger partial charge in [-0.05, 0) is 29.3 Å². The summed E-state index contributed by atoms with van der Waals surface area (Å²) in [4.78, 5) is 15.7. The number of hydrogen-bond acceptors (Lipinski definition) is 8. The Morgan fingerprint density at radius 3 is 2.43 bits per heavy atom. The number of nitrogens with zero attached hydrogens (tertiary/aromatic N) is 3. The van der Waals surface area contributed by atoms with Crippen molar-refractivity contribution in [3.8, 4) is 0 Å². The third-order valence-electron chi connectivity index (χ3n) is 2.83. The third-order valence-corrected chi connectivity index (χ3v) is 3.83. The summed E-state index contributed by atoms with van der Waals surface area (Å²) in [6.07, 6.45) is 0. The first kappa shape index (κ1) is 17.4. The largest absolute Gasteiger partial charge is 0.388 e. The average molecular weight is 361 g/mol. The number of halogens is 1. The van der Waals surface area contributed by atoms with Crippen molar-refractivity contribution < 1.29 is 38.2 Å². The van der Waals surface area contributed by atoms with Crippen molar-refractivity contribution in [2.75, 3.05) is 0 Å². The molecule has 122 valence electrons. The molecule has 1 N–H and O–H groups in total. The number of hydrogen-bond donors (Lipinski definition) is 1. The average Bonchev–Trinajstić information content (AvgIpc) is 2.73. The molecule has 0 aliphatic heterocycles. The van der Waals surface area contributed by atoms with Crippen molar-refractivity contribution in [2.45, 2.75) is 13.8 Å². The second kappa shape index (κ2) is 6.28. The molecule has 0 fully saturated rings. The van der Waals surface area contributed by atoms with E-state index in [1.165, 1.54) is 17.4 Å². The summed E-state index contributed by atoms with van der Waals surface area (Å²) < 4.78 is 35.6.